The van der Waals surface area contributed by atoms with Crippen molar-refractivity contribution in [2.45, 2.75) is 0 Å². The van der Waals surface area contributed by atoms with Crippen molar-refractivity contribution < 1.29 is 19.5 Å². The third-order valence-corrected chi connectivity index (χ3v) is 2.76. The SMILES string of the molecule is [Ru+].[c-]1ccccn1.c1ccc2nc3ccccc3nc2c1. The van der Waals surface area contributed by atoms with E-state index in [-0.39, 0.29) is 19.5 Å². The van der Waals surface area contributed by atoms with Gasteiger partial charge in [-0.25, -0.2) is 9.97 Å². The third-order valence-electron chi connectivity index (χ3n) is 2.76. The van der Waals surface area contributed by atoms with Gasteiger partial charge in [0.2, 0.25) is 0 Å². The van der Waals surface area contributed by atoms with Crippen molar-refractivity contribution in [3.05, 3.63) is 79.1 Å². The Morgan fingerprint density at radius 2 is 1.10 bits per heavy atom. The molecule has 0 fully saturated rings. The number of para-hydroxylation sites is 4. The summed E-state index contributed by atoms with van der Waals surface area (Å²) in [6.07, 6.45) is 4.34. The van der Waals surface area contributed by atoms with Gasteiger partial charge in [0.05, 0.1) is 22.1 Å². The molecule has 4 heteroatoms. The van der Waals surface area contributed by atoms with Crippen molar-refractivity contribution in [2.75, 3.05) is 0 Å². The van der Waals surface area contributed by atoms with Gasteiger partial charge in [0, 0.05) is 0 Å². The summed E-state index contributed by atoms with van der Waals surface area (Å²) in [6, 6.07) is 21.3. The van der Waals surface area contributed by atoms with Crippen molar-refractivity contribution in [1.82, 2.24) is 15.0 Å². The number of benzene rings is 2. The minimum absolute atomic E-state index is 0. The first-order valence-corrected chi connectivity index (χ1v) is 6.32. The van der Waals surface area contributed by atoms with Gasteiger partial charge in [-0.15, -0.1) is 0 Å². The van der Waals surface area contributed by atoms with Gasteiger partial charge < -0.3 is 4.98 Å². The number of nitrogens with zero attached hydrogens (tertiary/aromatic N) is 3. The summed E-state index contributed by atoms with van der Waals surface area (Å²) in [5.74, 6) is 0. The molecule has 0 atom stereocenters. The average Bonchev–Trinajstić information content (AvgIpc) is 2.55. The Bertz CT molecular complexity index is 687. The van der Waals surface area contributed by atoms with Crippen LogP contribution in [-0.2, 0) is 19.5 Å². The van der Waals surface area contributed by atoms with Crippen molar-refractivity contribution in [3.8, 4) is 0 Å². The molecule has 0 aliphatic heterocycles. The summed E-state index contributed by atoms with van der Waals surface area (Å²) in [5.41, 5.74) is 3.80. The molecule has 0 saturated heterocycles. The predicted molar refractivity (Wildman–Crippen MR) is 80.1 cm³/mol. The van der Waals surface area contributed by atoms with E-state index in [1.807, 2.05) is 60.7 Å². The summed E-state index contributed by atoms with van der Waals surface area (Å²) >= 11 is 0. The van der Waals surface area contributed by atoms with E-state index in [4.69, 9.17) is 0 Å². The van der Waals surface area contributed by atoms with Crippen LogP contribution in [-0.4, -0.2) is 15.0 Å². The molecule has 0 N–H and O–H groups in total. The van der Waals surface area contributed by atoms with Crippen LogP contribution in [0.15, 0.2) is 72.9 Å². The molecule has 21 heavy (non-hydrogen) atoms. The van der Waals surface area contributed by atoms with Gasteiger partial charge in [0.25, 0.3) is 0 Å². The molecule has 0 saturated carbocycles. The number of rotatable bonds is 0. The number of hydrogen-bond donors (Lipinski definition) is 0. The van der Waals surface area contributed by atoms with Crippen LogP contribution in [0.1, 0.15) is 0 Å². The van der Waals surface area contributed by atoms with Crippen LogP contribution in [0.5, 0.6) is 0 Å². The molecular formula is C17H12N3Ru. The van der Waals surface area contributed by atoms with Crippen LogP contribution in [0.25, 0.3) is 22.1 Å². The number of fused-ring (bicyclic) bond motifs is 2. The molecule has 103 valence electrons. The zero-order chi connectivity index (χ0) is 13.6. The summed E-state index contributed by atoms with van der Waals surface area (Å²) in [6.45, 7) is 0. The second-order valence-electron chi connectivity index (χ2n) is 4.16. The van der Waals surface area contributed by atoms with E-state index in [0.717, 1.165) is 22.1 Å². The molecule has 0 unspecified atom stereocenters. The van der Waals surface area contributed by atoms with Gasteiger partial charge in [0.15, 0.2) is 0 Å². The van der Waals surface area contributed by atoms with Gasteiger partial charge >= 0.3 is 19.5 Å². The Morgan fingerprint density at radius 1 is 0.619 bits per heavy atom. The van der Waals surface area contributed by atoms with Crippen molar-refractivity contribution in [1.29, 1.82) is 0 Å². The molecule has 1 radical (unpaired) electrons. The van der Waals surface area contributed by atoms with Crippen molar-refractivity contribution >= 4 is 22.1 Å². The topological polar surface area (TPSA) is 38.7 Å². The smallest absolute Gasteiger partial charge is 0.394 e. The van der Waals surface area contributed by atoms with Crippen LogP contribution in [0, 0.1) is 6.20 Å². The largest absolute Gasteiger partial charge is 1.00 e. The van der Waals surface area contributed by atoms with Crippen LogP contribution < -0.4 is 0 Å². The fourth-order valence-corrected chi connectivity index (χ4v) is 1.84. The van der Waals surface area contributed by atoms with E-state index in [2.05, 4.69) is 21.1 Å². The van der Waals surface area contributed by atoms with E-state index >= 15 is 0 Å². The van der Waals surface area contributed by atoms with Crippen LogP contribution >= 0.6 is 0 Å². The second-order valence-corrected chi connectivity index (χ2v) is 4.16. The zero-order valence-corrected chi connectivity index (χ0v) is 12.9. The monoisotopic (exact) mass is 360 g/mol. The molecule has 4 aromatic rings. The molecule has 0 spiro atoms. The Kier molecular flexibility index (Phi) is 5.47. The average molecular weight is 359 g/mol. The Labute approximate surface area is 135 Å². The van der Waals surface area contributed by atoms with Crippen LogP contribution in [0.4, 0.5) is 0 Å². The molecule has 2 aromatic heterocycles. The van der Waals surface area contributed by atoms with Gasteiger partial charge in [-0.05, 0) is 24.3 Å². The van der Waals surface area contributed by atoms with Gasteiger partial charge in [-0.2, -0.15) is 18.2 Å². The van der Waals surface area contributed by atoms with E-state index in [1.54, 1.807) is 12.3 Å². The van der Waals surface area contributed by atoms with Crippen LogP contribution in [0.2, 0.25) is 0 Å². The quantitative estimate of drug-likeness (QED) is 0.273. The predicted octanol–water partition coefficient (Wildman–Crippen LogP) is 3.66. The normalized spacial score (nSPS) is 9.52. The summed E-state index contributed by atoms with van der Waals surface area (Å²) in [4.78, 5) is 12.7. The Balaban J connectivity index is 0.000000197. The number of pyridine rings is 1. The number of aromatic nitrogens is 3. The van der Waals surface area contributed by atoms with E-state index in [1.165, 1.54) is 0 Å². The van der Waals surface area contributed by atoms with E-state index in [9.17, 15) is 0 Å². The van der Waals surface area contributed by atoms with Crippen molar-refractivity contribution in [2.24, 2.45) is 0 Å². The maximum atomic E-state index is 4.52. The van der Waals surface area contributed by atoms with Gasteiger partial charge in [-0.1, -0.05) is 36.7 Å². The molecule has 2 heterocycles. The zero-order valence-electron chi connectivity index (χ0n) is 11.1. The molecule has 2 aromatic carbocycles. The summed E-state index contributed by atoms with van der Waals surface area (Å²) in [7, 11) is 0. The molecule has 0 bridgehead atoms. The standard InChI is InChI=1S/C12H8N2.C5H4N.Ru/c1-2-6-10-9(5-1)13-11-7-3-4-8-12(11)14-10;1-2-4-6-5-3-1;/h1-8H;1-4H;/q;-1;+1. The molecule has 0 amide bonds. The third kappa shape index (κ3) is 3.90. The molecule has 4 rings (SSSR count). The fourth-order valence-electron chi connectivity index (χ4n) is 1.84. The Hall–Kier alpha value is -2.19. The minimum atomic E-state index is 0. The van der Waals surface area contributed by atoms with Crippen LogP contribution in [0.3, 0.4) is 0 Å². The molecular weight excluding hydrogens is 347 g/mol. The number of hydrogen-bond acceptors (Lipinski definition) is 3. The first kappa shape index (κ1) is 15.2. The van der Waals surface area contributed by atoms with Gasteiger partial charge in [0.1, 0.15) is 0 Å². The molecule has 0 aliphatic carbocycles. The molecule has 0 aliphatic rings. The first-order chi connectivity index (χ1) is 9.93. The summed E-state index contributed by atoms with van der Waals surface area (Å²) < 4.78 is 0. The molecule has 3 nitrogen and oxygen atoms in total. The van der Waals surface area contributed by atoms with Crippen molar-refractivity contribution in [3.63, 3.8) is 0 Å². The van der Waals surface area contributed by atoms with E-state index in [0.29, 0.717) is 0 Å². The van der Waals surface area contributed by atoms with E-state index < -0.39 is 0 Å². The second kappa shape index (κ2) is 7.56. The maximum absolute atomic E-state index is 4.52. The Morgan fingerprint density at radius 3 is 1.33 bits per heavy atom. The first-order valence-electron chi connectivity index (χ1n) is 6.32. The summed E-state index contributed by atoms with van der Waals surface area (Å²) in [5, 5.41) is 0. The minimum Gasteiger partial charge on any atom is -0.394 e. The van der Waals surface area contributed by atoms with Gasteiger partial charge in [-0.3, -0.25) is 0 Å². The fraction of sp³-hybridized carbons (Fsp3) is 0. The maximum Gasteiger partial charge on any atom is 1.00 e.